The molecule has 1 atom stereocenters. The van der Waals surface area contributed by atoms with Crippen LogP contribution in [-0.2, 0) is 6.42 Å². The lowest BCUT2D eigenvalue weighted by Crippen LogP contribution is -2.21. The van der Waals surface area contributed by atoms with Crippen molar-refractivity contribution in [2.45, 2.75) is 25.3 Å². The molecule has 1 aliphatic carbocycles. The quantitative estimate of drug-likeness (QED) is 0.916. The zero-order chi connectivity index (χ0) is 14.8. The molecule has 0 fully saturated rings. The summed E-state index contributed by atoms with van der Waals surface area (Å²) >= 11 is 0. The van der Waals surface area contributed by atoms with Crippen LogP contribution < -0.4 is 10.1 Å². The molecular weight excluding hydrogens is 265 g/mol. The summed E-state index contributed by atoms with van der Waals surface area (Å²) in [6, 6.07) is 11.7. The van der Waals surface area contributed by atoms with E-state index in [0.29, 0.717) is 17.4 Å². The van der Waals surface area contributed by atoms with Gasteiger partial charge in [0.15, 0.2) is 0 Å². The van der Waals surface area contributed by atoms with E-state index in [1.807, 2.05) is 13.1 Å². The van der Waals surface area contributed by atoms with Gasteiger partial charge in [-0.3, -0.25) is 0 Å². The minimum atomic E-state index is -0.244. The van der Waals surface area contributed by atoms with Crippen LogP contribution in [-0.4, -0.2) is 14.2 Å². The first-order valence-electron chi connectivity index (χ1n) is 7.37. The average molecular weight is 285 g/mol. The number of nitrogens with one attached hydrogen (secondary N) is 1. The van der Waals surface area contributed by atoms with Gasteiger partial charge in [-0.25, -0.2) is 4.39 Å². The van der Waals surface area contributed by atoms with Gasteiger partial charge in [-0.2, -0.15) is 0 Å². The molecule has 3 rings (SSSR count). The molecule has 0 aromatic heterocycles. The molecule has 0 saturated carbocycles. The van der Waals surface area contributed by atoms with Crippen molar-refractivity contribution in [2.75, 3.05) is 14.2 Å². The first kappa shape index (κ1) is 14.1. The Morgan fingerprint density at radius 3 is 2.76 bits per heavy atom. The molecule has 0 radical (unpaired) electrons. The fourth-order valence-corrected chi connectivity index (χ4v) is 3.12. The van der Waals surface area contributed by atoms with Crippen molar-refractivity contribution in [3.63, 3.8) is 0 Å². The fraction of sp³-hybridized carbons (Fsp3) is 0.333. The standard InChI is InChI=1S/C18H20FNO/c1-20-18-5-3-4-12-6-7-13(10-16(12)18)15-9-8-14(21-2)11-17(15)19/h6-11,18,20H,3-5H2,1-2H3. The molecule has 110 valence electrons. The van der Waals surface area contributed by atoms with E-state index in [-0.39, 0.29) is 5.82 Å². The second-order valence-electron chi connectivity index (χ2n) is 5.49. The Hall–Kier alpha value is -1.87. The molecule has 0 amide bonds. The van der Waals surface area contributed by atoms with Crippen molar-refractivity contribution in [1.82, 2.24) is 5.32 Å². The number of methoxy groups -OCH3 is 1. The Balaban J connectivity index is 2.04. The molecule has 2 nitrogen and oxygen atoms in total. The lowest BCUT2D eigenvalue weighted by Gasteiger charge is -2.26. The van der Waals surface area contributed by atoms with E-state index in [9.17, 15) is 4.39 Å². The van der Waals surface area contributed by atoms with Gasteiger partial charge in [0.25, 0.3) is 0 Å². The summed E-state index contributed by atoms with van der Waals surface area (Å²) in [5.41, 5.74) is 4.23. The maximum atomic E-state index is 14.2. The first-order chi connectivity index (χ1) is 10.2. The van der Waals surface area contributed by atoms with E-state index in [2.05, 4.69) is 17.4 Å². The van der Waals surface area contributed by atoms with E-state index in [4.69, 9.17) is 4.74 Å². The highest BCUT2D eigenvalue weighted by Crippen LogP contribution is 2.34. The molecule has 0 aliphatic heterocycles. The second kappa shape index (κ2) is 5.86. The molecule has 2 aromatic rings. The molecule has 1 aliphatic rings. The van der Waals surface area contributed by atoms with E-state index in [1.54, 1.807) is 19.2 Å². The lowest BCUT2D eigenvalue weighted by atomic mass is 9.85. The van der Waals surface area contributed by atoms with Gasteiger partial charge in [-0.1, -0.05) is 12.1 Å². The van der Waals surface area contributed by atoms with Crippen LogP contribution in [0.15, 0.2) is 36.4 Å². The lowest BCUT2D eigenvalue weighted by molar-refractivity contribution is 0.411. The van der Waals surface area contributed by atoms with Crippen LogP contribution in [0.1, 0.15) is 30.0 Å². The van der Waals surface area contributed by atoms with Crippen molar-refractivity contribution in [3.05, 3.63) is 53.3 Å². The van der Waals surface area contributed by atoms with E-state index in [0.717, 1.165) is 18.4 Å². The molecule has 2 aromatic carbocycles. The first-order valence-corrected chi connectivity index (χ1v) is 7.37. The minimum Gasteiger partial charge on any atom is -0.497 e. The van der Waals surface area contributed by atoms with Crippen LogP contribution in [0.25, 0.3) is 11.1 Å². The number of rotatable bonds is 3. The van der Waals surface area contributed by atoms with E-state index >= 15 is 0 Å². The molecular formula is C18H20FNO. The van der Waals surface area contributed by atoms with Crippen LogP contribution in [0.3, 0.4) is 0 Å². The number of hydrogen-bond acceptors (Lipinski definition) is 2. The number of fused-ring (bicyclic) bond motifs is 1. The summed E-state index contributed by atoms with van der Waals surface area (Å²) in [5.74, 6) is 0.299. The van der Waals surface area contributed by atoms with Gasteiger partial charge in [0.1, 0.15) is 11.6 Å². The van der Waals surface area contributed by atoms with Gasteiger partial charge in [-0.05, 0) is 61.2 Å². The normalized spacial score (nSPS) is 17.4. The zero-order valence-electron chi connectivity index (χ0n) is 12.4. The molecule has 0 heterocycles. The summed E-state index contributed by atoms with van der Waals surface area (Å²) in [4.78, 5) is 0. The molecule has 0 bridgehead atoms. The predicted molar refractivity (Wildman–Crippen MR) is 83.1 cm³/mol. The topological polar surface area (TPSA) is 21.3 Å². The van der Waals surface area contributed by atoms with E-state index in [1.165, 1.54) is 23.6 Å². The summed E-state index contributed by atoms with van der Waals surface area (Å²) in [7, 11) is 3.53. The number of aryl methyl sites for hydroxylation is 1. The second-order valence-corrected chi connectivity index (χ2v) is 5.49. The number of hydrogen-bond donors (Lipinski definition) is 1. The minimum absolute atomic E-state index is 0.244. The Morgan fingerprint density at radius 1 is 1.19 bits per heavy atom. The fourth-order valence-electron chi connectivity index (χ4n) is 3.12. The van der Waals surface area contributed by atoms with Gasteiger partial charge in [-0.15, -0.1) is 0 Å². The van der Waals surface area contributed by atoms with Gasteiger partial charge in [0.05, 0.1) is 7.11 Å². The summed E-state index contributed by atoms with van der Waals surface area (Å²) < 4.78 is 19.3. The molecule has 1 N–H and O–H groups in total. The Morgan fingerprint density at radius 2 is 2.05 bits per heavy atom. The molecule has 0 spiro atoms. The SMILES string of the molecule is CNC1CCCc2ccc(-c3ccc(OC)cc3F)cc21. The third-order valence-electron chi connectivity index (χ3n) is 4.30. The van der Waals surface area contributed by atoms with Crippen LogP contribution >= 0.6 is 0 Å². The van der Waals surface area contributed by atoms with Crippen LogP contribution in [0, 0.1) is 5.82 Å². The summed E-state index contributed by atoms with van der Waals surface area (Å²) in [5, 5.41) is 3.36. The van der Waals surface area contributed by atoms with Gasteiger partial charge in [0, 0.05) is 17.7 Å². The predicted octanol–water partition coefficient (Wildman–Crippen LogP) is 4.10. The van der Waals surface area contributed by atoms with Crippen molar-refractivity contribution >= 4 is 0 Å². The highest BCUT2D eigenvalue weighted by molar-refractivity contribution is 5.67. The molecule has 3 heteroatoms. The Bertz CT molecular complexity index is 654. The smallest absolute Gasteiger partial charge is 0.134 e. The maximum absolute atomic E-state index is 14.2. The largest absolute Gasteiger partial charge is 0.497 e. The maximum Gasteiger partial charge on any atom is 0.134 e. The highest BCUT2D eigenvalue weighted by Gasteiger charge is 2.19. The monoisotopic (exact) mass is 285 g/mol. The van der Waals surface area contributed by atoms with Gasteiger partial charge in [0.2, 0.25) is 0 Å². The highest BCUT2D eigenvalue weighted by atomic mass is 19.1. The summed E-state index contributed by atoms with van der Waals surface area (Å²) in [6.07, 6.45) is 3.45. The third kappa shape index (κ3) is 2.66. The van der Waals surface area contributed by atoms with Crippen molar-refractivity contribution in [2.24, 2.45) is 0 Å². The van der Waals surface area contributed by atoms with Crippen molar-refractivity contribution < 1.29 is 9.13 Å². The molecule has 1 unspecified atom stereocenters. The van der Waals surface area contributed by atoms with Crippen molar-refractivity contribution in [1.29, 1.82) is 0 Å². The molecule has 0 saturated heterocycles. The van der Waals surface area contributed by atoms with Crippen LogP contribution in [0.2, 0.25) is 0 Å². The summed E-state index contributed by atoms with van der Waals surface area (Å²) in [6.45, 7) is 0. The van der Waals surface area contributed by atoms with Crippen molar-refractivity contribution in [3.8, 4) is 16.9 Å². The molecule has 21 heavy (non-hydrogen) atoms. The van der Waals surface area contributed by atoms with Crippen LogP contribution in [0.5, 0.6) is 5.75 Å². The van der Waals surface area contributed by atoms with Crippen LogP contribution in [0.4, 0.5) is 4.39 Å². The number of ether oxygens (including phenoxy) is 1. The average Bonchev–Trinajstić information content (AvgIpc) is 2.53. The number of benzene rings is 2. The zero-order valence-corrected chi connectivity index (χ0v) is 12.4. The van der Waals surface area contributed by atoms with Gasteiger partial charge >= 0.3 is 0 Å². The Labute approximate surface area is 125 Å². The third-order valence-corrected chi connectivity index (χ3v) is 4.30. The van der Waals surface area contributed by atoms with E-state index < -0.39 is 0 Å². The Kier molecular flexibility index (Phi) is 3.93. The number of halogens is 1. The van der Waals surface area contributed by atoms with Gasteiger partial charge < -0.3 is 10.1 Å².